The Morgan fingerprint density at radius 3 is 2.60 bits per heavy atom. The van der Waals surface area contributed by atoms with E-state index in [1.807, 2.05) is 48.5 Å². The first-order chi connectivity index (χ1) is 9.70. The Morgan fingerprint density at radius 2 is 1.90 bits per heavy atom. The molecule has 0 fully saturated rings. The molecule has 1 aromatic heterocycles. The number of carbonyl (C=O) groups excluding carboxylic acids is 1. The number of hydrogen-bond acceptors (Lipinski definition) is 4. The van der Waals surface area contributed by atoms with Crippen molar-refractivity contribution in [2.75, 3.05) is 5.32 Å². The van der Waals surface area contributed by atoms with Crippen molar-refractivity contribution in [2.24, 2.45) is 0 Å². The topological polar surface area (TPSA) is 55.1 Å². The lowest BCUT2D eigenvalue weighted by molar-refractivity contribution is -0.108. The first kappa shape index (κ1) is 13.1. The molecule has 0 atom stereocenters. The summed E-state index contributed by atoms with van der Waals surface area (Å²) >= 11 is 1.80. The SMILES string of the molecule is O=C(I)Cc1ccc(Nc2nc3ccccc3o2)cc1. The molecule has 0 aliphatic heterocycles. The molecule has 100 valence electrons. The minimum atomic E-state index is 0.127. The third-order valence-electron chi connectivity index (χ3n) is 2.84. The van der Waals surface area contributed by atoms with Crippen molar-refractivity contribution in [2.45, 2.75) is 6.42 Å². The lowest BCUT2D eigenvalue weighted by Crippen LogP contribution is -1.94. The fraction of sp³-hybridized carbons (Fsp3) is 0.0667. The Bertz CT molecular complexity index is 717. The average molecular weight is 378 g/mol. The largest absolute Gasteiger partial charge is 0.423 e. The second-order valence-electron chi connectivity index (χ2n) is 4.34. The number of halogens is 1. The van der Waals surface area contributed by atoms with Crippen molar-refractivity contribution in [1.82, 2.24) is 4.98 Å². The van der Waals surface area contributed by atoms with Crippen molar-refractivity contribution < 1.29 is 9.21 Å². The van der Waals surface area contributed by atoms with E-state index in [1.54, 1.807) is 22.6 Å². The molecular weight excluding hydrogens is 367 g/mol. The second-order valence-corrected chi connectivity index (χ2v) is 5.54. The molecule has 0 aliphatic rings. The van der Waals surface area contributed by atoms with Crippen LogP contribution >= 0.6 is 22.6 Å². The molecule has 0 bridgehead atoms. The number of anilines is 2. The third kappa shape index (κ3) is 2.98. The Labute approximate surface area is 129 Å². The highest BCUT2D eigenvalue weighted by Crippen LogP contribution is 2.22. The van der Waals surface area contributed by atoms with Crippen LogP contribution in [-0.2, 0) is 11.2 Å². The standard InChI is InChI=1S/C15H11IN2O2/c16-14(19)9-10-5-7-11(8-6-10)17-15-18-12-3-1-2-4-13(12)20-15/h1-8H,9H2,(H,17,18). The van der Waals surface area contributed by atoms with Crippen LogP contribution in [0.4, 0.5) is 11.7 Å². The number of rotatable bonds is 4. The normalized spacial score (nSPS) is 10.7. The molecule has 0 unspecified atom stereocenters. The quantitative estimate of drug-likeness (QED) is 0.549. The molecule has 3 rings (SSSR count). The summed E-state index contributed by atoms with van der Waals surface area (Å²) in [7, 11) is 0. The number of aromatic nitrogens is 1. The van der Waals surface area contributed by atoms with Crippen LogP contribution in [0.15, 0.2) is 52.9 Å². The van der Waals surface area contributed by atoms with Gasteiger partial charge in [0.05, 0.1) is 0 Å². The van der Waals surface area contributed by atoms with Crippen molar-refractivity contribution >= 4 is 49.2 Å². The summed E-state index contributed by atoms with van der Waals surface area (Å²) in [5.41, 5.74) is 3.44. The number of carbonyl (C=O) groups is 1. The van der Waals surface area contributed by atoms with Crippen molar-refractivity contribution in [3.8, 4) is 0 Å². The minimum Gasteiger partial charge on any atom is -0.423 e. The van der Waals surface area contributed by atoms with Gasteiger partial charge in [0, 0.05) is 12.1 Å². The van der Waals surface area contributed by atoms with Crippen LogP contribution in [0.2, 0.25) is 0 Å². The zero-order valence-corrected chi connectivity index (χ0v) is 12.6. The number of benzene rings is 2. The molecule has 0 spiro atoms. The highest BCUT2D eigenvalue weighted by Gasteiger charge is 2.05. The smallest absolute Gasteiger partial charge is 0.300 e. The Kier molecular flexibility index (Phi) is 3.68. The molecule has 3 aromatic rings. The first-order valence-corrected chi connectivity index (χ1v) is 7.18. The zero-order chi connectivity index (χ0) is 13.9. The van der Waals surface area contributed by atoms with E-state index in [4.69, 9.17) is 4.42 Å². The van der Waals surface area contributed by atoms with E-state index in [1.165, 1.54) is 0 Å². The predicted molar refractivity (Wildman–Crippen MR) is 86.5 cm³/mol. The zero-order valence-electron chi connectivity index (χ0n) is 10.5. The lowest BCUT2D eigenvalue weighted by atomic mass is 10.1. The first-order valence-electron chi connectivity index (χ1n) is 6.10. The van der Waals surface area contributed by atoms with Gasteiger partial charge in [-0.15, -0.1) is 0 Å². The number of nitrogens with one attached hydrogen (secondary N) is 1. The molecule has 2 aromatic carbocycles. The number of hydrogen-bond donors (Lipinski definition) is 1. The van der Waals surface area contributed by atoms with Crippen molar-refractivity contribution in [1.29, 1.82) is 0 Å². The number of para-hydroxylation sites is 2. The van der Waals surface area contributed by atoms with E-state index < -0.39 is 0 Å². The number of oxazole rings is 1. The van der Waals surface area contributed by atoms with Gasteiger partial charge in [0.1, 0.15) is 5.52 Å². The number of nitrogens with zero attached hydrogens (tertiary/aromatic N) is 1. The molecular formula is C15H11IN2O2. The maximum absolute atomic E-state index is 11.0. The molecule has 0 radical (unpaired) electrons. The van der Waals surface area contributed by atoms with E-state index in [0.29, 0.717) is 12.4 Å². The summed E-state index contributed by atoms with van der Waals surface area (Å²) in [4.78, 5) is 15.4. The van der Waals surface area contributed by atoms with Crippen LogP contribution in [0.3, 0.4) is 0 Å². The number of fused-ring (bicyclic) bond motifs is 1. The maximum Gasteiger partial charge on any atom is 0.300 e. The van der Waals surface area contributed by atoms with Gasteiger partial charge in [-0.3, -0.25) is 4.79 Å². The minimum absolute atomic E-state index is 0.127. The fourth-order valence-corrected chi connectivity index (χ4v) is 2.36. The monoisotopic (exact) mass is 378 g/mol. The molecule has 0 saturated heterocycles. The predicted octanol–water partition coefficient (Wildman–Crippen LogP) is 4.08. The summed E-state index contributed by atoms with van der Waals surface area (Å²) in [6, 6.07) is 15.7. The van der Waals surface area contributed by atoms with Crippen LogP contribution in [0, 0.1) is 0 Å². The summed E-state index contributed by atoms with van der Waals surface area (Å²) in [6.45, 7) is 0. The van der Waals surface area contributed by atoms with Gasteiger partial charge in [-0.25, -0.2) is 0 Å². The molecule has 5 heteroatoms. The van der Waals surface area contributed by atoms with E-state index >= 15 is 0 Å². The fourth-order valence-electron chi connectivity index (χ4n) is 1.92. The summed E-state index contributed by atoms with van der Waals surface area (Å²) in [5.74, 6) is 0. The summed E-state index contributed by atoms with van der Waals surface area (Å²) in [6.07, 6.45) is 0.448. The Balaban J connectivity index is 1.78. The van der Waals surface area contributed by atoms with Gasteiger partial charge < -0.3 is 9.73 Å². The molecule has 1 N–H and O–H groups in total. The Morgan fingerprint density at radius 1 is 1.15 bits per heavy atom. The molecule has 0 saturated carbocycles. The lowest BCUT2D eigenvalue weighted by Gasteiger charge is -2.02. The van der Waals surface area contributed by atoms with E-state index in [-0.39, 0.29) is 3.79 Å². The van der Waals surface area contributed by atoms with E-state index in [9.17, 15) is 4.79 Å². The maximum atomic E-state index is 11.0. The van der Waals surface area contributed by atoms with Crippen LogP contribution in [0.5, 0.6) is 0 Å². The molecule has 0 aliphatic carbocycles. The third-order valence-corrected chi connectivity index (χ3v) is 3.22. The van der Waals surface area contributed by atoms with Crippen molar-refractivity contribution in [3.63, 3.8) is 0 Å². The summed E-state index contributed by atoms with van der Waals surface area (Å²) in [5, 5.41) is 3.11. The molecule has 20 heavy (non-hydrogen) atoms. The van der Waals surface area contributed by atoms with Crippen LogP contribution in [0.1, 0.15) is 5.56 Å². The molecule has 1 heterocycles. The van der Waals surface area contributed by atoms with E-state index in [0.717, 1.165) is 22.4 Å². The second kappa shape index (κ2) is 5.62. The van der Waals surface area contributed by atoms with Gasteiger partial charge >= 0.3 is 0 Å². The van der Waals surface area contributed by atoms with Crippen molar-refractivity contribution in [3.05, 3.63) is 54.1 Å². The van der Waals surface area contributed by atoms with Crippen LogP contribution in [-0.4, -0.2) is 8.77 Å². The van der Waals surface area contributed by atoms with Crippen LogP contribution in [0.25, 0.3) is 11.1 Å². The average Bonchev–Trinajstić information content (AvgIpc) is 2.82. The highest BCUT2D eigenvalue weighted by atomic mass is 127. The van der Waals surface area contributed by atoms with Gasteiger partial charge in [-0.2, -0.15) is 4.98 Å². The molecule has 0 amide bonds. The van der Waals surface area contributed by atoms with Gasteiger partial charge in [-0.05, 0) is 52.4 Å². The van der Waals surface area contributed by atoms with E-state index in [2.05, 4.69) is 10.3 Å². The molecule has 4 nitrogen and oxygen atoms in total. The van der Waals surface area contributed by atoms with Gasteiger partial charge in [-0.1, -0.05) is 24.3 Å². The van der Waals surface area contributed by atoms with Crippen LogP contribution < -0.4 is 5.32 Å². The highest BCUT2D eigenvalue weighted by molar-refractivity contribution is 14.1. The van der Waals surface area contributed by atoms with Gasteiger partial charge in [0.2, 0.25) is 0 Å². The summed E-state index contributed by atoms with van der Waals surface area (Å²) < 4.78 is 5.72. The van der Waals surface area contributed by atoms with Gasteiger partial charge in [0.25, 0.3) is 6.01 Å². The van der Waals surface area contributed by atoms with Gasteiger partial charge in [0.15, 0.2) is 9.37 Å². The Hall–Kier alpha value is -1.89.